The highest BCUT2D eigenvalue weighted by Crippen LogP contribution is 2.24. The third-order valence-corrected chi connectivity index (χ3v) is 5.48. The normalized spacial score (nSPS) is 16.8. The Hall–Kier alpha value is -3.68. The summed E-state index contributed by atoms with van der Waals surface area (Å²) in [7, 11) is 0. The number of hydrogen-bond acceptors (Lipinski definition) is 5. The molecule has 0 aliphatic carbocycles. The first-order valence-electron chi connectivity index (χ1n) is 9.98. The fourth-order valence-corrected chi connectivity index (χ4v) is 4.03. The summed E-state index contributed by atoms with van der Waals surface area (Å²) in [6.45, 7) is 2.98. The van der Waals surface area contributed by atoms with Gasteiger partial charge in [0.2, 0.25) is 0 Å². The molecule has 1 N–H and O–H groups in total. The zero-order chi connectivity index (χ0) is 20.7. The highest BCUT2D eigenvalue weighted by atomic mass is 16.3. The minimum atomic E-state index is -0.182. The molecule has 0 radical (unpaired) electrons. The summed E-state index contributed by atoms with van der Waals surface area (Å²) in [5.74, 6) is 1.37. The molecule has 0 bridgehead atoms. The van der Waals surface area contributed by atoms with Gasteiger partial charge in [0.15, 0.2) is 5.76 Å². The van der Waals surface area contributed by atoms with E-state index in [0.717, 1.165) is 29.7 Å². The average Bonchev–Trinajstić information content (AvgIpc) is 3.42. The van der Waals surface area contributed by atoms with Gasteiger partial charge >= 0.3 is 0 Å². The van der Waals surface area contributed by atoms with E-state index in [1.807, 2.05) is 19.1 Å². The zero-order valence-electron chi connectivity index (χ0n) is 16.5. The van der Waals surface area contributed by atoms with Crippen LogP contribution in [0.4, 0.5) is 0 Å². The maximum Gasteiger partial charge on any atom is 0.267 e. The molecule has 1 unspecified atom stereocenters. The average molecular weight is 403 g/mol. The number of nitrogens with one attached hydrogen (secondary N) is 1. The lowest BCUT2D eigenvalue weighted by molar-refractivity contribution is 0.0670. The van der Waals surface area contributed by atoms with Crippen LogP contribution in [-0.2, 0) is 0 Å². The van der Waals surface area contributed by atoms with Crippen LogP contribution < -0.4 is 5.56 Å². The van der Waals surface area contributed by atoms with E-state index in [4.69, 9.17) is 4.42 Å². The summed E-state index contributed by atoms with van der Waals surface area (Å²) in [5.41, 5.74) is 2.71. The third kappa shape index (κ3) is 3.30. The molecule has 1 atom stereocenters. The van der Waals surface area contributed by atoms with Crippen LogP contribution in [0.1, 0.15) is 35.1 Å². The molecule has 1 amide bonds. The number of amides is 1. The van der Waals surface area contributed by atoms with Gasteiger partial charge < -0.3 is 14.3 Å². The van der Waals surface area contributed by atoms with Gasteiger partial charge in [-0.2, -0.15) is 5.10 Å². The lowest BCUT2D eigenvalue weighted by Gasteiger charge is -2.33. The number of piperidine rings is 1. The standard InChI is InChI=1S/C22H21N5O3/c1-14-23-17-7-6-15(12-19(17)24-14)22(29)26-10-2-4-16(13-26)27-21(28)9-8-18(25-27)20-5-3-11-30-20/h3,5-9,11-12,16H,2,4,10,13H2,1H3,(H,23,24). The van der Waals surface area contributed by atoms with Crippen molar-refractivity contribution in [2.24, 2.45) is 0 Å². The Labute approximate surface area is 172 Å². The van der Waals surface area contributed by atoms with Crippen molar-refractivity contribution in [3.05, 3.63) is 70.5 Å². The SMILES string of the molecule is Cc1nc2ccc(C(=O)N3CCCC(n4nc(-c5ccco5)ccc4=O)C3)cc2[nH]1. The molecule has 8 heteroatoms. The van der Waals surface area contributed by atoms with Gasteiger partial charge in [-0.3, -0.25) is 9.59 Å². The molecule has 0 saturated carbocycles. The quantitative estimate of drug-likeness (QED) is 0.567. The van der Waals surface area contributed by atoms with Crippen molar-refractivity contribution in [2.75, 3.05) is 13.1 Å². The van der Waals surface area contributed by atoms with Crippen LogP contribution in [0.3, 0.4) is 0 Å². The highest BCUT2D eigenvalue weighted by molar-refractivity contribution is 5.97. The van der Waals surface area contributed by atoms with E-state index in [2.05, 4.69) is 15.1 Å². The molecular formula is C22H21N5O3. The first-order chi connectivity index (χ1) is 14.6. The van der Waals surface area contributed by atoms with Gasteiger partial charge in [0.1, 0.15) is 11.5 Å². The van der Waals surface area contributed by atoms with E-state index in [1.54, 1.807) is 35.4 Å². The van der Waals surface area contributed by atoms with Crippen molar-refractivity contribution in [1.29, 1.82) is 0 Å². The molecular weight excluding hydrogens is 382 g/mol. The number of rotatable bonds is 3. The van der Waals surface area contributed by atoms with E-state index < -0.39 is 0 Å². The van der Waals surface area contributed by atoms with Crippen molar-refractivity contribution < 1.29 is 9.21 Å². The molecule has 4 heterocycles. The predicted molar refractivity (Wildman–Crippen MR) is 111 cm³/mol. The molecule has 3 aromatic heterocycles. The number of likely N-dealkylation sites (tertiary alicyclic amines) is 1. The summed E-state index contributed by atoms with van der Waals surface area (Å²) in [4.78, 5) is 35.0. The van der Waals surface area contributed by atoms with Crippen molar-refractivity contribution in [3.63, 3.8) is 0 Å². The van der Waals surface area contributed by atoms with Crippen molar-refractivity contribution >= 4 is 16.9 Å². The fourth-order valence-electron chi connectivity index (χ4n) is 4.03. The Morgan fingerprint density at radius 1 is 1.23 bits per heavy atom. The lowest BCUT2D eigenvalue weighted by Crippen LogP contribution is -2.43. The summed E-state index contributed by atoms with van der Waals surface area (Å²) >= 11 is 0. The fraction of sp³-hybridized carbons (Fsp3) is 0.273. The van der Waals surface area contributed by atoms with Gasteiger partial charge in [-0.25, -0.2) is 9.67 Å². The Bertz CT molecular complexity index is 1270. The van der Waals surface area contributed by atoms with Gasteiger partial charge in [-0.05, 0) is 56.2 Å². The van der Waals surface area contributed by atoms with E-state index in [-0.39, 0.29) is 17.5 Å². The second kappa shape index (κ2) is 7.29. The number of nitrogens with zero attached hydrogens (tertiary/aromatic N) is 4. The number of carbonyl (C=O) groups excluding carboxylic acids is 1. The van der Waals surface area contributed by atoms with Crippen LogP contribution in [-0.4, -0.2) is 43.6 Å². The minimum absolute atomic E-state index is 0.0518. The van der Waals surface area contributed by atoms with Crippen LogP contribution in [0.15, 0.2) is 57.9 Å². The molecule has 5 rings (SSSR count). The van der Waals surface area contributed by atoms with Crippen LogP contribution in [0, 0.1) is 6.92 Å². The Morgan fingerprint density at radius 3 is 2.97 bits per heavy atom. The molecule has 1 aromatic carbocycles. The Balaban J connectivity index is 1.41. The van der Waals surface area contributed by atoms with Crippen LogP contribution >= 0.6 is 0 Å². The van der Waals surface area contributed by atoms with Crippen molar-refractivity contribution in [3.8, 4) is 11.5 Å². The van der Waals surface area contributed by atoms with E-state index in [0.29, 0.717) is 30.1 Å². The molecule has 1 fully saturated rings. The zero-order valence-corrected chi connectivity index (χ0v) is 16.5. The van der Waals surface area contributed by atoms with Crippen LogP contribution in [0.5, 0.6) is 0 Å². The number of hydrogen-bond donors (Lipinski definition) is 1. The summed E-state index contributed by atoms with van der Waals surface area (Å²) in [5, 5.41) is 4.51. The molecule has 30 heavy (non-hydrogen) atoms. The number of aryl methyl sites for hydroxylation is 1. The highest BCUT2D eigenvalue weighted by Gasteiger charge is 2.27. The Morgan fingerprint density at radius 2 is 2.13 bits per heavy atom. The number of H-pyrrole nitrogens is 1. The number of benzene rings is 1. The van der Waals surface area contributed by atoms with Gasteiger partial charge in [0.05, 0.1) is 23.3 Å². The van der Waals surface area contributed by atoms with E-state index in [9.17, 15) is 9.59 Å². The van der Waals surface area contributed by atoms with Gasteiger partial charge in [-0.15, -0.1) is 0 Å². The monoisotopic (exact) mass is 403 g/mol. The molecule has 1 saturated heterocycles. The van der Waals surface area contributed by atoms with Crippen molar-refractivity contribution in [2.45, 2.75) is 25.8 Å². The minimum Gasteiger partial charge on any atom is -0.463 e. The first-order valence-corrected chi connectivity index (χ1v) is 9.98. The smallest absolute Gasteiger partial charge is 0.267 e. The summed E-state index contributed by atoms with van der Waals surface area (Å²) < 4.78 is 6.89. The van der Waals surface area contributed by atoms with E-state index in [1.165, 1.54) is 10.7 Å². The van der Waals surface area contributed by atoms with Gasteiger partial charge in [0, 0.05) is 24.7 Å². The Kier molecular flexibility index (Phi) is 4.46. The maximum atomic E-state index is 13.1. The third-order valence-electron chi connectivity index (χ3n) is 5.48. The van der Waals surface area contributed by atoms with Crippen LogP contribution in [0.25, 0.3) is 22.5 Å². The molecule has 8 nitrogen and oxygen atoms in total. The van der Waals surface area contributed by atoms with Crippen LogP contribution in [0.2, 0.25) is 0 Å². The number of furan rings is 1. The molecule has 1 aliphatic heterocycles. The largest absolute Gasteiger partial charge is 0.463 e. The number of carbonyl (C=O) groups is 1. The summed E-state index contributed by atoms with van der Waals surface area (Å²) in [6.07, 6.45) is 3.17. The second-order valence-electron chi connectivity index (χ2n) is 7.58. The molecule has 4 aromatic rings. The molecule has 0 spiro atoms. The van der Waals surface area contributed by atoms with Gasteiger partial charge in [0.25, 0.3) is 11.5 Å². The maximum absolute atomic E-state index is 13.1. The second-order valence-corrected chi connectivity index (χ2v) is 7.58. The van der Waals surface area contributed by atoms with Crippen molar-refractivity contribution in [1.82, 2.24) is 24.6 Å². The molecule has 1 aliphatic rings. The number of aromatic amines is 1. The first kappa shape index (κ1) is 18.4. The van der Waals surface area contributed by atoms with Gasteiger partial charge in [-0.1, -0.05) is 0 Å². The summed E-state index contributed by atoms with van der Waals surface area (Å²) in [6, 6.07) is 12.1. The lowest BCUT2D eigenvalue weighted by atomic mass is 10.0. The predicted octanol–water partition coefficient (Wildman–Crippen LogP) is 3.17. The number of aromatic nitrogens is 4. The number of fused-ring (bicyclic) bond motifs is 1. The number of imidazole rings is 1. The molecule has 152 valence electrons. The van der Waals surface area contributed by atoms with E-state index >= 15 is 0 Å². The topological polar surface area (TPSA) is 97.0 Å².